The Bertz CT molecular complexity index is 1630. The summed E-state index contributed by atoms with van der Waals surface area (Å²) in [6, 6.07) is 37.4. The topological polar surface area (TPSA) is 184 Å². The Kier molecular flexibility index (Phi) is 19.8. The largest absolute Gasteiger partial charge is 2.00 e. The van der Waals surface area contributed by atoms with Crippen molar-refractivity contribution in [3.05, 3.63) is 180 Å². The van der Waals surface area contributed by atoms with E-state index >= 15 is 0 Å². The molecule has 0 aromatic heterocycles. The van der Waals surface area contributed by atoms with Gasteiger partial charge in [0.2, 0.25) is 0 Å². The van der Waals surface area contributed by atoms with Gasteiger partial charge >= 0.3 is 27.7 Å². The quantitative estimate of drug-likeness (QED) is 0.107. The molecule has 0 N–H and O–H groups in total. The number of hydrogen-bond acceptors (Lipinski definition) is 8. The van der Waals surface area contributed by atoms with E-state index in [1.54, 1.807) is 72.8 Å². The molecule has 6 rings (SSSR count). The van der Waals surface area contributed by atoms with Crippen molar-refractivity contribution in [1.29, 1.82) is 0 Å². The summed E-state index contributed by atoms with van der Waals surface area (Å²) in [7, 11) is -11.9. The van der Waals surface area contributed by atoms with E-state index in [-0.39, 0.29) is 62.6 Å². The van der Waals surface area contributed by atoms with Crippen LogP contribution in [0.15, 0.2) is 146 Å². The number of halogens is 8. The summed E-state index contributed by atoms with van der Waals surface area (Å²) in [5, 5.41) is 5.55. The Balaban J connectivity index is 0.000000301. The van der Waals surface area contributed by atoms with Crippen LogP contribution in [-0.2, 0) is 27.7 Å². The summed E-state index contributed by atoms with van der Waals surface area (Å²) in [5.41, 5.74) is 0. The second kappa shape index (κ2) is 22.6. The van der Waals surface area contributed by atoms with Crippen molar-refractivity contribution in [2.45, 2.75) is 0 Å². The van der Waals surface area contributed by atoms with Gasteiger partial charge in [-0.15, -0.1) is 20.5 Å². The fourth-order valence-electron chi connectivity index (χ4n) is 4.44. The number of hydrogen-bond donors (Lipinski definition) is 0. The summed E-state index contributed by atoms with van der Waals surface area (Å²) in [6.45, 7) is 0. The van der Waals surface area contributed by atoms with Crippen LogP contribution in [0.1, 0.15) is 0 Å². The molecule has 19 heteroatoms. The first-order chi connectivity index (χ1) is 25.3. The van der Waals surface area contributed by atoms with E-state index in [9.17, 15) is 26.3 Å². The zero-order valence-electron chi connectivity index (χ0n) is 27.7. The molecule has 6 aromatic rings. The van der Waals surface area contributed by atoms with E-state index in [0.29, 0.717) is 0 Å². The maximum absolute atomic E-state index is 13.2. The third-order valence-electron chi connectivity index (χ3n) is 6.51. The molecule has 0 aliphatic carbocycles. The van der Waals surface area contributed by atoms with Crippen LogP contribution in [0.5, 0.6) is 0 Å². The van der Waals surface area contributed by atoms with Crippen LogP contribution in [0, 0.1) is 55.4 Å². The molecular weight excluding hydrogens is 1010 g/mol. The maximum atomic E-state index is 13.2. The van der Waals surface area contributed by atoms with Gasteiger partial charge in [0.15, 0.2) is 0 Å². The molecular formula is C36H24Cl2F6HgO8P2. The molecule has 0 saturated heterocycles. The summed E-state index contributed by atoms with van der Waals surface area (Å²) < 4.78 is 147. The Morgan fingerprint density at radius 2 is 0.345 bits per heavy atom. The van der Waals surface area contributed by atoms with E-state index in [4.69, 9.17) is 37.3 Å². The molecule has 0 spiro atoms. The molecule has 0 fully saturated rings. The zero-order chi connectivity index (χ0) is 40.1. The van der Waals surface area contributed by atoms with Crippen molar-refractivity contribution >= 4 is 47.7 Å². The molecule has 0 amide bonds. The van der Waals surface area contributed by atoms with Crippen molar-refractivity contribution in [1.82, 2.24) is 0 Å². The summed E-state index contributed by atoms with van der Waals surface area (Å²) in [4.78, 5) is 0. The van der Waals surface area contributed by atoms with Gasteiger partial charge in [-0.05, 0) is 120 Å². The van der Waals surface area contributed by atoms with Gasteiger partial charge in [0, 0.05) is 0 Å². The molecule has 0 radical (unpaired) electrons. The van der Waals surface area contributed by atoms with Gasteiger partial charge in [-0.1, -0.05) is 72.8 Å². The Hall–Kier alpha value is -3.04. The van der Waals surface area contributed by atoms with Crippen molar-refractivity contribution in [3.63, 3.8) is 0 Å². The number of rotatable bonds is 6. The van der Waals surface area contributed by atoms with Gasteiger partial charge in [0.05, 0.1) is 0 Å². The van der Waals surface area contributed by atoms with Crippen molar-refractivity contribution in [2.24, 2.45) is 0 Å². The molecule has 0 unspecified atom stereocenters. The first-order valence-corrected chi connectivity index (χ1v) is 19.8. The average Bonchev–Trinajstić information content (AvgIpc) is 3.09. The summed E-state index contributed by atoms with van der Waals surface area (Å²) in [6.07, 6.45) is 0. The van der Waals surface area contributed by atoms with Crippen LogP contribution in [-0.4, -0.2) is 0 Å². The Morgan fingerprint density at radius 3 is 0.436 bits per heavy atom. The molecule has 0 aliphatic rings. The van der Waals surface area contributed by atoms with Crippen LogP contribution in [0.2, 0.25) is 0 Å². The van der Waals surface area contributed by atoms with Crippen molar-refractivity contribution < 1.29 is 112 Å². The minimum absolute atomic E-state index is 0. The van der Waals surface area contributed by atoms with Gasteiger partial charge < -0.3 is 0 Å². The summed E-state index contributed by atoms with van der Waals surface area (Å²) in [5.74, 6) is -1.85. The van der Waals surface area contributed by atoms with Gasteiger partial charge in [0.25, 0.3) is 0 Å². The van der Waals surface area contributed by atoms with Gasteiger partial charge in [0.1, 0.15) is 34.9 Å². The Labute approximate surface area is 338 Å². The van der Waals surface area contributed by atoms with Crippen LogP contribution in [0.4, 0.5) is 26.3 Å². The van der Waals surface area contributed by atoms with Gasteiger partial charge in [-0.3, -0.25) is 0 Å². The molecule has 0 heterocycles. The molecule has 0 saturated carbocycles. The average molecular weight is 1030 g/mol. The molecule has 0 aliphatic heterocycles. The molecule has 284 valence electrons. The fraction of sp³-hybridized carbons (Fsp3) is 0. The maximum Gasteiger partial charge on any atom is 2.00 e. The van der Waals surface area contributed by atoms with Crippen LogP contribution >= 0.6 is 15.8 Å². The van der Waals surface area contributed by atoms with Crippen LogP contribution in [0.25, 0.3) is 0 Å². The predicted molar refractivity (Wildman–Crippen MR) is 170 cm³/mol. The van der Waals surface area contributed by atoms with Gasteiger partial charge in [-0.2, -0.15) is 0 Å². The molecule has 8 nitrogen and oxygen atoms in total. The smallest absolute Gasteiger partial charge is 0.222 e. The first kappa shape index (κ1) is 48.1. The molecule has 0 atom stereocenters. The van der Waals surface area contributed by atoms with Crippen LogP contribution < -0.4 is 69.1 Å². The van der Waals surface area contributed by atoms with Crippen LogP contribution in [0.3, 0.4) is 0 Å². The fourth-order valence-corrected chi connectivity index (χ4v) is 8.91. The van der Waals surface area contributed by atoms with Crippen molar-refractivity contribution in [2.75, 3.05) is 0 Å². The second-order valence-electron chi connectivity index (χ2n) is 10.3. The normalized spacial score (nSPS) is 10.9. The standard InChI is InChI=1S/2C18H12F3P.2ClHO4.Hg/c2*19-13-1-7-16(8-2-13)22(17-9-3-14(20)4-10-17)18-11-5-15(21)6-12-18;2*2-1(3,4)5;/h2*1-12H;2*(H,2,3,4,5);/q;;;;+2/p-2. The summed E-state index contributed by atoms with van der Waals surface area (Å²) >= 11 is 0. The molecule has 55 heavy (non-hydrogen) atoms. The molecule has 0 bridgehead atoms. The monoisotopic (exact) mass is 1030 g/mol. The second-order valence-corrected chi connectivity index (χ2v) is 16.2. The third-order valence-corrected chi connectivity index (χ3v) is 11.4. The predicted octanol–water partition coefficient (Wildman–Crippen LogP) is -1.79. The first-order valence-electron chi connectivity index (χ1n) is 14.6. The van der Waals surface area contributed by atoms with Gasteiger partial charge in [-0.25, -0.2) is 63.6 Å². The van der Waals surface area contributed by atoms with E-state index in [1.165, 1.54) is 72.8 Å². The van der Waals surface area contributed by atoms with E-state index < -0.39 is 36.3 Å². The minimum Gasteiger partial charge on any atom is -0.222 e. The van der Waals surface area contributed by atoms with E-state index in [0.717, 1.165) is 31.8 Å². The SMILES string of the molecule is Fc1ccc(P(c2ccc(F)cc2)c2ccc(F)cc2)cc1.Fc1ccc(P(c2ccc(F)cc2)c2ccc(F)cc2)cc1.[Hg+2].[O-][Cl+3]([O-])([O-])[O-].[O-][Cl+3]([O-])([O-])[O-]. The molecule has 6 aromatic carbocycles. The van der Waals surface area contributed by atoms with E-state index in [1.807, 2.05) is 0 Å². The third kappa shape index (κ3) is 18.6. The Morgan fingerprint density at radius 1 is 0.255 bits per heavy atom. The van der Waals surface area contributed by atoms with E-state index in [2.05, 4.69) is 0 Å². The zero-order valence-corrected chi connectivity index (χ0v) is 36.5. The van der Waals surface area contributed by atoms with Crippen molar-refractivity contribution in [3.8, 4) is 0 Å². The minimum atomic E-state index is -4.94. The number of benzene rings is 6.